The van der Waals surface area contributed by atoms with Crippen LogP contribution in [0.4, 0.5) is 5.69 Å². The van der Waals surface area contributed by atoms with Gasteiger partial charge in [-0.1, -0.05) is 42.0 Å². The Bertz CT molecular complexity index is 1240. The first-order chi connectivity index (χ1) is 15.2. The van der Waals surface area contributed by atoms with Crippen LogP contribution >= 0.6 is 0 Å². The molecule has 0 bridgehead atoms. The van der Waals surface area contributed by atoms with Gasteiger partial charge in [-0.25, -0.2) is 18.4 Å². The topological polar surface area (TPSA) is 125 Å². The normalized spacial score (nSPS) is 10.9. The Hall–Kier alpha value is -3.69. The third kappa shape index (κ3) is 6.66. The molecule has 0 radical (unpaired) electrons. The fraction of sp³-hybridized carbons (Fsp3) is 0.130. The Labute approximate surface area is 186 Å². The number of nitrogens with two attached hydrogens (primary N) is 1. The average molecular weight is 455 g/mol. The predicted octanol–water partition coefficient (Wildman–Crippen LogP) is 3.02. The molecule has 0 aliphatic heterocycles. The number of benzene rings is 3. The lowest BCUT2D eigenvalue weighted by Gasteiger charge is -2.10. The summed E-state index contributed by atoms with van der Waals surface area (Å²) in [4.78, 5) is 24.2. The van der Waals surface area contributed by atoms with Gasteiger partial charge in [-0.15, -0.1) is 0 Å². The Morgan fingerprint density at radius 2 is 1.72 bits per heavy atom. The maximum Gasteiger partial charge on any atom is 0.338 e. The average Bonchev–Trinajstić information content (AvgIpc) is 2.76. The van der Waals surface area contributed by atoms with Gasteiger partial charge in [0.15, 0.2) is 6.61 Å². The van der Waals surface area contributed by atoms with Crippen molar-refractivity contribution in [1.82, 2.24) is 0 Å². The van der Waals surface area contributed by atoms with Gasteiger partial charge >= 0.3 is 5.97 Å². The summed E-state index contributed by atoms with van der Waals surface area (Å²) in [5.41, 5.74) is 2.57. The van der Waals surface area contributed by atoms with Crippen LogP contribution in [-0.2, 0) is 26.2 Å². The smallest absolute Gasteiger partial charge is 0.338 e. The van der Waals surface area contributed by atoms with Crippen LogP contribution in [0.5, 0.6) is 5.75 Å². The summed E-state index contributed by atoms with van der Waals surface area (Å²) < 4.78 is 33.6. The van der Waals surface area contributed by atoms with Crippen LogP contribution in [0.15, 0.2) is 77.7 Å². The molecule has 0 aliphatic rings. The summed E-state index contributed by atoms with van der Waals surface area (Å²) in [6, 6.07) is 19.8. The molecule has 0 saturated heterocycles. The molecule has 3 aromatic rings. The van der Waals surface area contributed by atoms with Gasteiger partial charge in [0.05, 0.1) is 10.5 Å². The molecule has 0 spiro atoms. The van der Waals surface area contributed by atoms with Gasteiger partial charge in [0.25, 0.3) is 5.91 Å². The summed E-state index contributed by atoms with van der Waals surface area (Å²) in [5.74, 6) is -0.832. The number of amides is 1. The lowest BCUT2D eigenvalue weighted by molar-refractivity contribution is -0.119. The van der Waals surface area contributed by atoms with Gasteiger partial charge in [0.2, 0.25) is 10.0 Å². The lowest BCUT2D eigenvalue weighted by Crippen LogP contribution is -2.21. The van der Waals surface area contributed by atoms with E-state index in [4.69, 9.17) is 14.6 Å². The van der Waals surface area contributed by atoms with Crippen molar-refractivity contribution in [2.24, 2.45) is 5.14 Å². The number of ether oxygens (including phenoxy) is 2. The molecule has 0 atom stereocenters. The molecule has 0 saturated carbocycles. The number of sulfonamides is 1. The van der Waals surface area contributed by atoms with Gasteiger partial charge in [-0.2, -0.15) is 0 Å². The number of hydrogen-bond donors (Lipinski definition) is 2. The minimum atomic E-state index is -3.90. The van der Waals surface area contributed by atoms with E-state index in [0.29, 0.717) is 12.4 Å². The molecule has 32 heavy (non-hydrogen) atoms. The SMILES string of the molecule is Cc1cccc(COc2cccc(C(=O)OCC(=O)Nc3cccc(S(N)(=O)=O)c3)c2)c1. The highest BCUT2D eigenvalue weighted by molar-refractivity contribution is 7.89. The van der Waals surface area contributed by atoms with Crippen LogP contribution in [-0.4, -0.2) is 26.9 Å². The van der Waals surface area contributed by atoms with Gasteiger partial charge < -0.3 is 14.8 Å². The van der Waals surface area contributed by atoms with Crippen LogP contribution in [0.25, 0.3) is 0 Å². The van der Waals surface area contributed by atoms with Gasteiger partial charge in [0, 0.05) is 5.69 Å². The molecule has 1 amide bonds. The molecule has 3 rings (SSSR count). The number of hydrogen-bond acceptors (Lipinski definition) is 6. The van der Waals surface area contributed by atoms with E-state index < -0.39 is 28.5 Å². The second-order valence-corrected chi connectivity index (χ2v) is 8.56. The molecule has 0 fully saturated rings. The van der Waals surface area contributed by atoms with Crippen molar-refractivity contribution >= 4 is 27.6 Å². The summed E-state index contributed by atoms with van der Waals surface area (Å²) in [6.45, 7) is 1.79. The Balaban J connectivity index is 1.54. The quantitative estimate of drug-likeness (QED) is 0.504. The van der Waals surface area contributed by atoms with Gasteiger partial charge in [-0.05, 0) is 48.9 Å². The maximum absolute atomic E-state index is 12.3. The van der Waals surface area contributed by atoms with Crippen LogP contribution < -0.4 is 15.2 Å². The number of rotatable bonds is 8. The summed E-state index contributed by atoms with van der Waals surface area (Å²) in [7, 11) is -3.90. The third-order valence-electron chi connectivity index (χ3n) is 4.34. The van der Waals surface area contributed by atoms with E-state index in [1.165, 1.54) is 30.3 Å². The molecule has 0 heterocycles. The summed E-state index contributed by atoms with van der Waals surface area (Å²) in [6.07, 6.45) is 0. The Morgan fingerprint density at radius 1 is 0.969 bits per heavy atom. The Morgan fingerprint density at radius 3 is 2.47 bits per heavy atom. The number of esters is 1. The van der Waals surface area contributed by atoms with Crippen LogP contribution in [0.3, 0.4) is 0 Å². The van der Waals surface area contributed by atoms with E-state index in [0.717, 1.165) is 11.1 Å². The number of carbonyl (C=O) groups excluding carboxylic acids is 2. The zero-order chi connectivity index (χ0) is 23.1. The first-order valence-corrected chi connectivity index (χ1v) is 11.1. The second-order valence-electron chi connectivity index (χ2n) is 7.00. The minimum absolute atomic E-state index is 0.144. The first kappa shape index (κ1) is 23.0. The number of carbonyl (C=O) groups is 2. The van der Waals surface area contributed by atoms with E-state index >= 15 is 0 Å². The molecule has 8 nitrogen and oxygen atoms in total. The van der Waals surface area contributed by atoms with E-state index in [2.05, 4.69) is 5.32 Å². The largest absolute Gasteiger partial charge is 0.489 e. The molecule has 0 aliphatic carbocycles. The van der Waals surface area contributed by atoms with Crippen molar-refractivity contribution in [2.45, 2.75) is 18.4 Å². The molecule has 3 N–H and O–H groups in total. The highest BCUT2D eigenvalue weighted by Crippen LogP contribution is 2.17. The fourth-order valence-electron chi connectivity index (χ4n) is 2.84. The number of aryl methyl sites for hydroxylation is 1. The molecule has 0 unspecified atom stereocenters. The molecule has 9 heteroatoms. The standard InChI is InChI=1S/C23H22N2O6S/c1-16-5-2-6-17(11-16)14-30-20-9-3-7-18(12-20)23(27)31-15-22(26)25-19-8-4-10-21(13-19)32(24,28)29/h2-13H,14-15H2,1H3,(H,25,26)(H2,24,28,29). The summed E-state index contributed by atoms with van der Waals surface area (Å²) in [5, 5.41) is 7.53. The van der Waals surface area contributed by atoms with Crippen LogP contribution in [0.2, 0.25) is 0 Å². The van der Waals surface area contributed by atoms with Crippen LogP contribution in [0.1, 0.15) is 21.5 Å². The van der Waals surface area contributed by atoms with E-state index in [-0.39, 0.29) is 16.1 Å². The van der Waals surface area contributed by atoms with Crippen molar-refractivity contribution in [2.75, 3.05) is 11.9 Å². The fourth-order valence-corrected chi connectivity index (χ4v) is 3.40. The predicted molar refractivity (Wildman–Crippen MR) is 119 cm³/mol. The number of nitrogens with one attached hydrogen (secondary N) is 1. The first-order valence-electron chi connectivity index (χ1n) is 9.59. The highest BCUT2D eigenvalue weighted by atomic mass is 32.2. The second kappa shape index (κ2) is 10.1. The van der Waals surface area contributed by atoms with E-state index in [9.17, 15) is 18.0 Å². The zero-order valence-electron chi connectivity index (χ0n) is 17.3. The Kier molecular flexibility index (Phi) is 7.24. The molecule has 0 aromatic heterocycles. The monoisotopic (exact) mass is 454 g/mol. The van der Waals surface area contributed by atoms with E-state index in [1.54, 1.807) is 18.2 Å². The van der Waals surface area contributed by atoms with Crippen molar-refractivity contribution in [3.8, 4) is 5.75 Å². The maximum atomic E-state index is 12.3. The van der Waals surface area contributed by atoms with Crippen molar-refractivity contribution in [3.63, 3.8) is 0 Å². The third-order valence-corrected chi connectivity index (χ3v) is 5.25. The molecule has 3 aromatic carbocycles. The molecule has 166 valence electrons. The zero-order valence-corrected chi connectivity index (χ0v) is 18.1. The van der Waals surface area contributed by atoms with E-state index in [1.807, 2.05) is 31.2 Å². The number of anilines is 1. The molecular weight excluding hydrogens is 432 g/mol. The lowest BCUT2D eigenvalue weighted by atomic mass is 10.1. The minimum Gasteiger partial charge on any atom is -0.489 e. The summed E-state index contributed by atoms with van der Waals surface area (Å²) >= 11 is 0. The van der Waals surface area contributed by atoms with Crippen molar-refractivity contribution < 1.29 is 27.5 Å². The highest BCUT2D eigenvalue weighted by Gasteiger charge is 2.13. The van der Waals surface area contributed by atoms with Crippen LogP contribution in [0, 0.1) is 6.92 Å². The molecular formula is C23H22N2O6S. The van der Waals surface area contributed by atoms with Crippen molar-refractivity contribution in [3.05, 3.63) is 89.5 Å². The van der Waals surface area contributed by atoms with Crippen molar-refractivity contribution in [1.29, 1.82) is 0 Å². The van der Waals surface area contributed by atoms with Gasteiger partial charge in [-0.3, -0.25) is 4.79 Å². The van der Waals surface area contributed by atoms with Gasteiger partial charge in [0.1, 0.15) is 12.4 Å². The number of primary sulfonamides is 1.